The summed E-state index contributed by atoms with van der Waals surface area (Å²) in [6.45, 7) is 4.62. The molecule has 2 aromatic heterocycles. The van der Waals surface area contributed by atoms with E-state index < -0.39 is 6.16 Å². The molecule has 5 rings (SSSR count). The molecule has 9 heteroatoms. The molecule has 1 fully saturated rings. The van der Waals surface area contributed by atoms with Gasteiger partial charge in [0, 0.05) is 66.9 Å². The number of nitrogens with zero attached hydrogens (tertiary/aromatic N) is 2. The van der Waals surface area contributed by atoms with Crippen LogP contribution < -0.4 is 20.0 Å². The highest BCUT2D eigenvalue weighted by molar-refractivity contribution is 5.91. The zero-order valence-corrected chi connectivity index (χ0v) is 20.2. The van der Waals surface area contributed by atoms with Gasteiger partial charge in [0.05, 0.1) is 12.8 Å². The second-order valence-electron chi connectivity index (χ2n) is 8.99. The molecule has 0 saturated carbocycles. The predicted octanol–water partition coefficient (Wildman–Crippen LogP) is 4.48. The van der Waals surface area contributed by atoms with E-state index in [0.717, 1.165) is 74.0 Å². The molecule has 1 aliphatic heterocycles. The Morgan fingerprint density at radius 1 is 1.03 bits per heavy atom. The Morgan fingerprint density at radius 2 is 1.81 bits per heavy atom. The summed E-state index contributed by atoms with van der Waals surface area (Å²) in [5.74, 6) is 0.976. The molecule has 188 valence electrons. The van der Waals surface area contributed by atoms with Crippen LogP contribution in [-0.4, -0.2) is 61.0 Å². The Balaban J connectivity index is 1.13. The zero-order valence-electron chi connectivity index (χ0n) is 20.2. The first-order valence-corrected chi connectivity index (χ1v) is 12.1. The molecule has 9 nitrogen and oxygen atoms in total. The molecule has 3 heterocycles. The normalized spacial score (nSPS) is 14.4. The van der Waals surface area contributed by atoms with Gasteiger partial charge in [-0.05, 0) is 55.6 Å². The first kappa shape index (κ1) is 23.7. The third-order valence-electron chi connectivity index (χ3n) is 6.76. The van der Waals surface area contributed by atoms with Gasteiger partial charge >= 0.3 is 11.8 Å². The number of hydrogen-bond acceptors (Lipinski definition) is 7. The van der Waals surface area contributed by atoms with Gasteiger partial charge in [-0.15, -0.1) is 0 Å². The van der Waals surface area contributed by atoms with E-state index in [0.29, 0.717) is 17.1 Å². The quantitative estimate of drug-likeness (QED) is 0.161. The highest BCUT2D eigenvalue weighted by Gasteiger charge is 2.20. The standard InChI is InChI=1S/C27H29N3O6/c1-34-19-5-8-22-24(16-26(31)36-25(22)15-19)30-12-10-29(11-13-30)9-3-2-4-18-17-28-23-14-20(35-27(32)33)6-7-21(18)23/h5-8,14-17,28H,2-4,9-13H2,1H3,(H,32,33). The van der Waals surface area contributed by atoms with Crippen LogP contribution in [0.25, 0.3) is 21.9 Å². The Bertz CT molecular complexity index is 1430. The fraction of sp³-hybridized carbons (Fsp3) is 0.333. The largest absolute Gasteiger partial charge is 0.511 e. The Morgan fingerprint density at radius 3 is 2.58 bits per heavy atom. The molecule has 2 aromatic carbocycles. The number of unbranched alkanes of at least 4 members (excludes halogenated alkanes) is 1. The fourth-order valence-electron chi connectivity index (χ4n) is 4.91. The second-order valence-corrected chi connectivity index (χ2v) is 8.99. The van der Waals surface area contributed by atoms with Gasteiger partial charge < -0.3 is 28.9 Å². The minimum Gasteiger partial charge on any atom is -0.497 e. The number of carboxylic acid groups (broad SMARTS) is 1. The monoisotopic (exact) mass is 491 g/mol. The number of methoxy groups -OCH3 is 1. The number of rotatable bonds is 8. The lowest BCUT2D eigenvalue weighted by Gasteiger charge is -2.36. The maximum absolute atomic E-state index is 12.1. The zero-order chi connectivity index (χ0) is 25.1. The van der Waals surface area contributed by atoms with Gasteiger partial charge in [-0.3, -0.25) is 4.90 Å². The highest BCUT2D eigenvalue weighted by atomic mass is 16.7. The lowest BCUT2D eigenvalue weighted by atomic mass is 10.1. The lowest BCUT2D eigenvalue weighted by molar-refractivity contribution is 0.144. The predicted molar refractivity (Wildman–Crippen MR) is 138 cm³/mol. The van der Waals surface area contributed by atoms with Gasteiger partial charge in [0.2, 0.25) is 0 Å². The SMILES string of the molecule is COc1ccc2c(N3CCN(CCCCc4c[nH]c5cc(OC(=O)O)ccc45)CC3)cc(=O)oc2c1. The van der Waals surface area contributed by atoms with Crippen molar-refractivity contribution in [1.29, 1.82) is 0 Å². The summed E-state index contributed by atoms with van der Waals surface area (Å²) in [5.41, 5.74) is 3.21. The van der Waals surface area contributed by atoms with Crippen molar-refractivity contribution in [1.82, 2.24) is 9.88 Å². The molecule has 0 spiro atoms. The average molecular weight is 492 g/mol. The number of fused-ring (bicyclic) bond motifs is 2. The summed E-state index contributed by atoms with van der Waals surface area (Å²) in [4.78, 5) is 30.8. The number of anilines is 1. The van der Waals surface area contributed by atoms with Gasteiger partial charge in [-0.1, -0.05) is 0 Å². The molecule has 0 unspecified atom stereocenters. The summed E-state index contributed by atoms with van der Waals surface area (Å²) in [6.07, 6.45) is 3.78. The molecule has 2 N–H and O–H groups in total. The van der Waals surface area contributed by atoms with Crippen molar-refractivity contribution >= 4 is 33.7 Å². The van der Waals surface area contributed by atoms with E-state index in [4.69, 9.17) is 19.0 Å². The number of ether oxygens (including phenoxy) is 2. The molecule has 0 atom stereocenters. The van der Waals surface area contributed by atoms with Crippen LogP contribution in [0.4, 0.5) is 10.5 Å². The third-order valence-corrected chi connectivity index (χ3v) is 6.76. The fourth-order valence-corrected chi connectivity index (χ4v) is 4.91. The van der Waals surface area contributed by atoms with Crippen LogP contribution in [-0.2, 0) is 6.42 Å². The van der Waals surface area contributed by atoms with Gasteiger partial charge in [0.25, 0.3) is 0 Å². The number of aromatic nitrogens is 1. The molecule has 0 amide bonds. The molecule has 1 aliphatic rings. The van der Waals surface area contributed by atoms with E-state index in [-0.39, 0.29) is 5.63 Å². The molecule has 4 aromatic rings. The van der Waals surface area contributed by atoms with E-state index in [9.17, 15) is 9.59 Å². The summed E-state index contributed by atoms with van der Waals surface area (Å²) >= 11 is 0. The van der Waals surface area contributed by atoms with Crippen LogP contribution >= 0.6 is 0 Å². The minimum atomic E-state index is -1.31. The number of carbonyl (C=O) groups is 1. The lowest BCUT2D eigenvalue weighted by Crippen LogP contribution is -2.46. The van der Waals surface area contributed by atoms with Crippen LogP contribution in [0.3, 0.4) is 0 Å². The number of hydrogen-bond donors (Lipinski definition) is 2. The second kappa shape index (κ2) is 10.3. The summed E-state index contributed by atoms with van der Waals surface area (Å²) < 4.78 is 15.4. The molecule has 0 aliphatic carbocycles. The Hall–Kier alpha value is -3.98. The molecule has 0 bridgehead atoms. The number of nitrogens with one attached hydrogen (secondary N) is 1. The number of H-pyrrole nitrogens is 1. The van der Waals surface area contributed by atoms with Crippen molar-refractivity contribution in [3.8, 4) is 11.5 Å². The van der Waals surface area contributed by atoms with E-state index in [2.05, 4.69) is 14.8 Å². The number of benzene rings is 2. The number of piperazine rings is 1. The van der Waals surface area contributed by atoms with Crippen molar-refractivity contribution in [2.24, 2.45) is 0 Å². The van der Waals surface area contributed by atoms with Crippen LogP contribution in [0.2, 0.25) is 0 Å². The Labute approximate surface area is 207 Å². The van der Waals surface area contributed by atoms with Crippen molar-refractivity contribution < 1.29 is 23.8 Å². The van der Waals surface area contributed by atoms with Crippen molar-refractivity contribution in [3.05, 3.63) is 64.6 Å². The average Bonchev–Trinajstić information content (AvgIpc) is 3.27. The molecule has 36 heavy (non-hydrogen) atoms. The summed E-state index contributed by atoms with van der Waals surface area (Å²) in [5, 5.41) is 10.8. The third kappa shape index (κ3) is 5.16. The van der Waals surface area contributed by atoms with E-state index >= 15 is 0 Å². The topological polar surface area (TPSA) is 108 Å². The van der Waals surface area contributed by atoms with E-state index in [1.54, 1.807) is 31.4 Å². The molecule has 1 saturated heterocycles. The van der Waals surface area contributed by atoms with Gasteiger partial charge in [0.15, 0.2) is 0 Å². The van der Waals surface area contributed by atoms with E-state index in [1.807, 2.05) is 24.4 Å². The maximum Gasteiger partial charge on any atom is 0.511 e. The number of aromatic amines is 1. The Kier molecular flexibility index (Phi) is 6.81. The molecular formula is C27H29N3O6. The first-order chi connectivity index (χ1) is 17.5. The van der Waals surface area contributed by atoms with Crippen molar-refractivity contribution in [3.63, 3.8) is 0 Å². The maximum atomic E-state index is 12.1. The highest BCUT2D eigenvalue weighted by Crippen LogP contribution is 2.29. The van der Waals surface area contributed by atoms with Crippen LogP contribution in [0.15, 0.2) is 57.9 Å². The van der Waals surface area contributed by atoms with Gasteiger partial charge in [0.1, 0.15) is 17.1 Å². The summed E-state index contributed by atoms with van der Waals surface area (Å²) in [7, 11) is 1.60. The molecule has 0 radical (unpaired) electrons. The van der Waals surface area contributed by atoms with Crippen LogP contribution in [0.1, 0.15) is 18.4 Å². The van der Waals surface area contributed by atoms with Gasteiger partial charge in [-0.2, -0.15) is 0 Å². The smallest absolute Gasteiger partial charge is 0.497 e. The van der Waals surface area contributed by atoms with Crippen LogP contribution in [0, 0.1) is 0 Å². The van der Waals surface area contributed by atoms with Crippen molar-refractivity contribution in [2.75, 3.05) is 44.7 Å². The number of aryl methyl sites for hydroxylation is 1. The van der Waals surface area contributed by atoms with E-state index in [1.165, 1.54) is 5.56 Å². The van der Waals surface area contributed by atoms with Gasteiger partial charge in [-0.25, -0.2) is 9.59 Å². The first-order valence-electron chi connectivity index (χ1n) is 12.1. The van der Waals surface area contributed by atoms with Crippen molar-refractivity contribution in [2.45, 2.75) is 19.3 Å². The summed E-state index contributed by atoms with van der Waals surface area (Å²) in [6, 6.07) is 12.5. The van der Waals surface area contributed by atoms with Crippen LogP contribution in [0.5, 0.6) is 11.5 Å². The minimum absolute atomic E-state index is 0.312. The molecular weight excluding hydrogens is 462 g/mol.